The lowest BCUT2D eigenvalue weighted by molar-refractivity contribution is 0.912. The summed E-state index contributed by atoms with van der Waals surface area (Å²) in [4.78, 5) is 4.69. The zero-order valence-electron chi connectivity index (χ0n) is 10.8. The molecule has 108 valence electrons. The molecular formula is C15H10Br2Cl2N2. The molecular weight excluding hydrogens is 439 g/mol. The van der Waals surface area contributed by atoms with Crippen LogP contribution in [0.3, 0.4) is 0 Å². The van der Waals surface area contributed by atoms with Gasteiger partial charge in [0.25, 0.3) is 0 Å². The van der Waals surface area contributed by atoms with Crippen LogP contribution in [0.25, 0.3) is 16.7 Å². The van der Waals surface area contributed by atoms with Gasteiger partial charge >= 0.3 is 0 Å². The molecule has 0 unspecified atom stereocenters. The van der Waals surface area contributed by atoms with Crippen molar-refractivity contribution in [2.45, 2.75) is 6.42 Å². The Kier molecular flexibility index (Phi) is 4.60. The highest BCUT2D eigenvalue weighted by atomic mass is 79.9. The van der Waals surface area contributed by atoms with Crippen molar-refractivity contribution in [2.24, 2.45) is 0 Å². The van der Waals surface area contributed by atoms with E-state index < -0.39 is 0 Å². The molecule has 0 bridgehead atoms. The second-order valence-electron chi connectivity index (χ2n) is 4.53. The molecule has 2 nitrogen and oxygen atoms in total. The Balaban J connectivity index is 2.27. The predicted octanol–water partition coefficient (Wildman–Crippen LogP) is 5.99. The highest BCUT2D eigenvalue weighted by molar-refractivity contribution is 9.10. The van der Waals surface area contributed by atoms with Gasteiger partial charge in [0, 0.05) is 26.9 Å². The Bertz CT molecular complexity index is 815. The quantitative estimate of drug-likeness (QED) is 0.450. The summed E-state index contributed by atoms with van der Waals surface area (Å²) in [5, 5.41) is 0.670. The maximum Gasteiger partial charge on any atom is 0.115 e. The van der Waals surface area contributed by atoms with E-state index in [1.54, 1.807) is 0 Å². The van der Waals surface area contributed by atoms with Crippen LogP contribution >= 0.6 is 55.1 Å². The van der Waals surface area contributed by atoms with Gasteiger partial charge in [-0.05, 0) is 52.3 Å². The molecule has 1 aromatic heterocycles. The van der Waals surface area contributed by atoms with Crippen molar-refractivity contribution in [1.29, 1.82) is 0 Å². The first-order valence-electron chi connectivity index (χ1n) is 6.28. The normalized spacial score (nSPS) is 11.2. The lowest BCUT2D eigenvalue weighted by Crippen LogP contribution is -2.02. The summed E-state index contributed by atoms with van der Waals surface area (Å²) in [5.41, 5.74) is 2.95. The maximum absolute atomic E-state index is 6.22. The van der Waals surface area contributed by atoms with E-state index in [1.165, 1.54) is 0 Å². The molecule has 3 rings (SSSR count). The van der Waals surface area contributed by atoms with Gasteiger partial charge in [-0.3, -0.25) is 4.57 Å². The average Bonchev–Trinajstić information content (AvgIpc) is 2.79. The van der Waals surface area contributed by atoms with Gasteiger partial charge < -0.3 is 0 Å². The van der Waals surface area contributed by atoms with E-state index in [-0.39, 0.29) is 0 Å². The number of fused-ring (bicyclic) bond motifs is 1. The average molecular weight is 449 g/mol. The van der Waals surface area contributed by atoms with Crippen molar-refractivity contribution >= 4 is 66.1 Å². The van der Waals surface area contributed by atoms with Crippen LogP contribution in [0, 0.1) is 0 Å². The Hall–Kier alpha value is -0.550. The third-order valence-corrected chi connectivity index (χ3v) is 5.08. The SMILES string of the molecule is ClCCc1nc2cc(Br)ccc2n1-c1ccc(Br)c(Cl)c1. The molecule has 0 saturated carbocycles. The lowest BCUT2D eigenvalue weighted by atomic mass is 10.2. The fourth-order valence-electron chi connectivity index (χ4n) is 2.27. The molecule has 21 heavy (non-hydrogen) atoms. The highest BCUT2D eigenvalue weighted by Gasteiger charge is 2.13. The lowest BCUT2D eigenvalue weighted by Gasteiger charge is -2.10. The second-order valence-corrected chi connectivity index (χ2v) is 7.09. The minimum atomic E-state index is 0.523. The predicted molar refractivity (Wildman–Crippen MR) is 95.9 cm³/mol. The van der Waals surface area contributed by atoms with Gasteiger partial charge in [-0.25, -0.2) is 4.98 Å². The first kappa shape index (κ1) is 15.3. The molecule has 0 N–H and O–H groups in total. The molecule has 6 heteroatoms. The van der Waals surface area contributed by atoms with Crippen molar-refractivity contribution < 1.29 is 0 Å². The van der Waals surface area contributed by atoms with Gasteiger partial charge in [-0.2, -0.15) is 0 Å². The number of nitrogens with zero attached hydrogens (tertiary/aromatic N) is 2. The van der Waals surface area contributed by atoms with E-state index in [4.69, 9.17) is 23.2 Å². The number of benzene rings is 2. The fourth-order valence-corrected chi connectivity index (χ4v) is 3.21. The smallest absolute Gasteiger partial charge is 0.115 e. The van der Waals surface area contributed by atoms with Gasteiger partial charge in [0.05, 0.1) is 16.1 Å². The molecule has 0 aliphatic heterocycles. The number of rotatable bonds is 3. The molecule has 0 spiro atoms. The van der Waals surface area contributed by atoms with Gasteiger partial charge in [-0.1, -0.05) is 27.5 Å². The second kappa shape index (κ2) is 6.29. The molecule has 3 aromatic rings. The Labute approximate surface area is 149 Å². The Morgan fingerprint density at radius 3 is 2.62 bits per heavy atom. The van der Waals surface area contributed by atoms with Crippen molar-refractivity contribution in [3.8, 4) is 5.69 Å². The van der Waals surface area contributed by atoms with Crippen LogP contribution in [0.2, 0.25) is 5.02 Å². The van der Waals surface area contributed by atoms with Gasteiger partial charge in [0.1, 0.15) is 5.82 Å². The molecule has 0 aliphatic rings. The van der Waals surface area contributed by atoms with Gasteiger partial charge in [0.2, 0.25) is 0 Å². The summed E-state index contributed by atoms with van der Waals surface area (Å²) < 4.78 is 3.98. The van der Waals surface area contributed by atoms with E-state index in [9.17, 15) is 0 Å². The summed E-state index contributed by atoms with van der Waals surface area (Å²) in [7, 11) is 0. The van der Waals surface area contributed by atoms with Crippen LogP contribution in [0.5, 0.6) is 0 Å². The first-order valence-corrected chi connectivity index (χ1v) is 8.78. The molecule has 1 heterocycles. The van der Waals surface area contributed by atoms with E-state index in [0.717, 1.165) is 31.5 Å². The Morgan fingerprint density at radius 2 is 1.90 bits per heavy atom. The number of imidazole rings is 1. The van der Waals surface area contributed by atoms with Crippen molar-refractivity contribution in [1.82, 2.24) is 9.55 Å². The van der Waals surface area contributed by atoms with Crippen LogP contribution in [0.1, 0.15) is 5.82 Å². The fraction of sp³-hybridized carbons (Fsp3) is 0.133. The van der Waals surface area contributed by atoms with E-state index in [2.05, 4.69) is 41.4 Å². The summed E-state index contributed by atoms with van der Waals surface area (Å²) in [5.74, 6) is 1.45. The third-order valence-electron chi connectivity index (χ3n) is 3.17. The summed E-state index contributed by atoms with van der Waals surface area (Å²) in [6.45, 7) is 0. The van der Waals surface area contributed by atoms with E-state index in [1.807, 2.05) is 36.4 Å². The van der Waals surface area contributed by atoms with Crippen LogP contribution < -0.4 is 0 Å². The number of alkyl halides is 1. The number of aryl methyl sites for hydroxylation is 1. The molecule has 0 amide bonds. The number of aromatic nitrogens is 2. The van der Waals surface area contributed by atoms with Crippen LogP contribution in [0.4, 0.5) is 0 Å². The van der Waals surface area contributed by atoms with Gasteiger partial charge in [-0.15, -0.1) is 11.6 Å². The summed E-state index contributed by atoms with van der Waals surface area (Å²) >= 11 is 19.0. The number of hydrogen-bond acceptors (Lipinski definition) is 1. The van der Waals surface area contributed by atoms with Crippen LogP contribution in [0.15, 0.2) is 45.3 Å². The first-order chi connectivity index (χ1) is 10.1. The molecule has 0 fully saturated rings. The molecule has 0 aliphatic carbocycles. The maximum atomic E-state index is 6.22. The minimum Gasteiger partial charge on any atom is -0.296 e. The number of hydrogen-bond donors (Lipinski definition) is 0. The van der Waals surface area contributed by atoms with Gasteiger partial charge in [0.15, 0.2) is 0 Å². The molecule has 0 radical (unpaired) electrons. The largest absolute Gasteiger partial charge is 0.296 e. The van der Waals surface area contributed by atoms with Crippen molar-refractivity contribution in [2.75, 3.05) is 5.88 Å². The third kappa shape index (κ3) is 3.00. The van der Waals surface area contributed by atoms with Crippen LogP contribution in [-0.4, -0.2) is 15.4 Å². The molecule has 0 atom stereocenters. The molecule has 0 saturated heterocycles. The zero-order valence-corrected chi connectivity index (χ0v) is 15.5. The van der Waals surface area contributed by atoms with Crippen LogP contribution in [-0.2, 0) is 6.42 Å². The minimum absolute atomic E-state index is 0.523. The van der Waals surface area contributed by atoms with E-state index in [0.29, 0.717) is 17.3 Å². The zero-order chi connectivity index (χ0) is 15.0. The topological polar surface area (TPSA) is 17.8 Å². The molecule has 2 aromatic carbocycles. The highest BCUT2D eigenvalue weighted by Crippen LogP contribution is 2.29. The summed E-state index contributed by atoms with van der Waals surface area (Å²) in [6.07, 6.45) is 0.696. The van der Waals surface area contributed by atoms with Crippen molar-refractivity contribution in [3.63, 3.8) is 0 Å². The summed E-state index contributed by atoms with van der Waals surface area (Å²) in [6, 6.07) is 11.9. The van der Waals surface area contributed by atoms with Crippen molar-refractivity contribution in [3.05, 3.63) is 56.2 Å². The number of halogens is 4. The Morgan fingerprint density at radius 1 is 1.10 bits per heavy atom. The van der Waals surface area contributed by atoms with E-state index >= 15 is 0 Å². The monoisotopic (exact) mass is 446 g/mol. The standard InChI is InChI=1S/C15H10Br2Cl2N2/c16-9-1-4-14-13(7-9)20-15(5-6-18)21(14)10-2-3-11(17)12(19)8-10/h1-4,7-8H,5-6H2.